The molecule has 146 valence electrons. The lowest BCUT2D eigenvalue weighted by Gasteiger charge is -2.32. The first kappa shape index (κ1) is 21.6. The molecule has 0 amide bonds. The molecule has 0 N–H and O–H groups in total. The summed E-state index contributed by atoms with van der Waals surface area (Å²) in [6, 6.07) is 2.56. The summed E-state index contributed by atoms with van der Waals surface area (Å²) in [6.45, 7) is 21.9. The van der Waals surface area contributed by atoms with Crippen molar-refractivity contribution in [2.45, 2.75) is 112 Å². The molecule has 2 rings (SSSR count). The summed E-state index contributed by atoms with van der Waals surface area (Å²) >= 11 is 0. The largest absolute Gasteiger partial charge is 0.109 e. The van der Waals surface area contributed by atoms with Crippen LogP contribution >= 0.6 is 0 Å². The topological polar surface area (TPSA) is 0 Å². The lowest BCUT2D eigenvalue weighted by Crippen LogP contribution is -2.23. The van der Waals surface area contributed by atoms with Crippen molar-refractivity contribution in [2.75, 3.05) is 0 Å². The fraction of sp³-hybridized carbons (Fsp3) is 0.760. The second-order valence-corrected chi connectivity index (χ2v) is 11.8. The van der Waals surface area contributed by atoms with E-state index in [4.69, 9.17) is 0 Å². The van der Waals surface area contributed by atoms with Crippen LogP contribution in [0.4, 0.5) is 0 Å². The van der Waals surface area contributed by atoms with E-state index >= 15 is 0 Å². The molecule has 0 saturated heterocycles. The van der Waals surface area contributed by atoms with E-state index in [1.54, 1.807) is 22.3 Å². The summed E-state index contributed by atoms with van der Waals surface area (Å²) in [7, 11) is 2.46. The van der Waals surface area contributed by atoms with Crippen molar-refractivity contribution in [1.82, 2.24) is 0 Å². The molecule has 0 spiro atoms. The minimum atomic E-state index is 0.379. The van der Waals surface area contributed by atoms with Crippen molar-refractivity contribution < 1.29 is 0 Å². The fourth-order valence-electron chi connectivity index (χ4n) is 5.96. The second kappa shape index (κ2) is 7.36. The van der Waals surface area contributed by atoms with Crippen LogP contribution in [0.3, 0.4) is 0 Å². The van der Waals surface area contributed by atoms with Crippen LogP contribution in [0, 0.1) is 17.8 Å². The minimum absolute atomic E-state index is 0.379. The van der Waals surface area contributed by atoms with Crippen molar-refractivity contribution in [3.63, 3.8) is 0 Å². The summed E-state index contributed by atoms with van der Waals surface area (Å²) in [6.07, 6.45) is 7.57. The Morgan fingerprint density at radius 3 is 2.23 bits per heavy atom. The third-order valence-electron chi connectivity index (χ3n) is 6.35. The smallest absolute Gasteiger partial charge is 0.0666 e. The van der Waals surface area contributed by atoms with Gasteiger partial charge in [0, 0.05) is 0 Å². The van der Waals surface area contributed by atoms with Gasteiger partial charge in [0.15, 0.2) is 0 Å². The van der Waals surface area contributed by atoms with Crippen LogP contribution in [-0.4, -0.2) is 7.85 Å². The van der Waals surface area contributed by atoms with E-state index in [9.17, 15) is 0 Å². The molecule has 0 aliphatic heterocycles. The van der Waals surface area contributed by atoms with E-state index in [-0.39, 0.29) is 0 Å². The van der Waals surface area contributed by atoms with Gasteiger partial charge in [0.05, 0.1) is 0 Å². The summed E-state index contributed by atoms with van der Waals surface area (Å²) in [4.78, 5) is 0. The highest BCUT2D eigenvalue weighted by Gasteiger charge is 2.36. The zero-order valence-electron chi connectivity index (χ0n) is 19.4. The van der Waals surface area contributed by atoms with Gasteiger partial charge in [-0.3, -0.25) is 0 Å². The maximum absolute atomic E-state index is 2.56. The average Bonchev–Trinajstić information content (AvgIpc) is 2.49. The van der Waals surface area contributed by atoms with Gasteiger partial charge in [-0.05, 0) is 77.2 Å². The number of benzene rings is 1. The van der Waals surface area contributed by atoms with Crippen LogP contribution in [0.1, 0.15) is 108 Å². The molecule has 0 saturated carbocycles. The molecule has 1 atom stereocenters. The monoisotopic (exact) mass is 354 g/mol. The van der Waals surface area contributed by atoms with Gasteiger partial charge in [0.2, 0.25) is 0 Å². The first-order chi connectivity index (χ1) is 11.8. The molecule has 0 fully saturated rings. The maximum atomic E-state index is 2.56. The fourth-order valence-corrected chi connectivity index (χ4v) is 5.96. The molecule has 1 aromatic rings. The molecule has 26 heavy (non-hydrogen) atoms. The predicted molar refractivity (Wildman–Crippen MR) is 120 cm³/mol. The van der Waals surface area contributed by atoms with Crippen LogP contribution in [0.25, 0.3) is 0 Å². The minimum Gasteiger partial charge on any atom is -0.0666 e. The summed E-state index contributed by atoms with van der Waals surface area (Å²) in [5, 5.41) is 0.386. The zero-order valence-corrected chi connectivity index (χ0v) is 19.4. The van der Waals surface area contributed by atoms with Crippen molar-refractivity contribution in [3.05, 3.63) is 33.9 Å². The lowest BCUT2D eigenvalue weighted by atomic mass is 9.62. The Bertz CT molecular complexity index is 647. The van der Waals surface area contributed by atoms with Crippen LogP contribution in [0.2, 0.25) is 5.31 Å². The Hall–Kier alpha value is -0.715. The van der Waals surface area contributed by atoms with E-state index < -0.39 is 0 Å². The van der Waals surface area contributed by atoms with Crippen molar-refractivity contribution >= 4 is 7.85 Å². The van der Waals surface area contributed by atoms with Crippen molar-refractivity contribution in [1.29, 1.82) is 0 Å². The van der Waals surface area contributed by atoms with E-state index in [2.05, 4.69) is 76.2 Å². The van der Waals surface area contributed by atoms with Gasteiger partial charge in [-0.25, -0.2) is 0 Å². The Morgan fingerprint density at radius 2 is 1.69 bits per heavy atom. The summed E-state index contributed by atoms with van der Waals surface area (Å²) in [5.41, 5.74) is 8.99. The van der Waals surface area contributed by atoms with Crippen molar-refractivity contribution in [2.24, 2.45) is 10.8 Å². The predicted octanol–water partition coefficient (Wildman–Crippen LogP) is 6.81. The second-order valence-electron chi connectivity index (χ2n) is 11.8. The highest BCUT2D eigenvalue weighted by atomic mass is 14.4. The summed E-state index contributed by atoms with van der Waals surface area (Å²) < 4.78 is 0. The Balaban J connectivity index is 2.65. The highest BCUT2D eigenvalue weighted by molar-refractivity contribution is 6.15. The standard InChI is InChI=1S/C25H43B/c1-10-11-25(9,26)15-20-18(4)12-19-13-23(5,6)16-24(7,8)14-21(19)22(20)17(2)3/h12,17H,10-11,13-16,26H2,1-9H3. The molecule has 0 radical (unpaired) electrons. The molecule has 0 nitrogen and oxygen atoms in total. The molecule has 0 heterocycles. The maximum Gasteiger partial charge on any atom is 0.109 e. The number of hydrogen-bond acceptors (Lipinski definition) is 0. The first-order valence-electron chi connectivity index (χ1n) is 10.9. The van der Waals surface area contributed by atoms with Crippen molar-refractivity contribution in [3.8, 4) is 0 Å². The molecule has 1 aliphatic carbocycles. The van der Waals surface area contributed by atoms with E-state index in [1.807, 2.05) is 0 Å². The van der Waals surface area contributed by atoms with Gasteiger partial charge in [-0.15, -0.1) is 0 Å². The zero-order chi connectivity index (χ0) is 19.9. The third kappa shape index (κ3) is 4.96. The molecule has 1 unspecified atom stereocenters. The quantitative estimate of drug-likeness (QED) is 0.402. The molecule has 1 aromatic carbocycles. The molecular weight excluding hydrogens is 311 g/mol. The van der Waals surface area contributed by atoms with Gasteiger partial charge >= 0.3 is 0 Å². The van der Waals surface area contributed by atoms with Gasteiger partial charge in [0.1, 0.15) is 7.85 Å². The normalized spacial score (nSPS) is 21.2. The van der Waals surface area contributed by atoms with E-state index in [0.717, 1.165) is 0 Å². The SMILES string of the molecule is BC(C)(CCC)Cc1c(C)cc2c(c1C(C)C)CC(C)(C)CC(C)(C)C2. The third-order valence-corrected chi connectivity index (χ3v) is 6.35. The van der Waals surface area contributed by atoms with Gasteiger partial charge in [-0.1, -0.05) is 79.6 Å². The number of fused-ring (bicyclic) bond motifs is 1. The highest BCUT2D eigenvalue weighted by Crippen LogP contribution is 2.47. The number of aryl methyl sites for hydroxylation is 1. The van der Waals surface area contributed by atoms with Crippen LogP contribution < -0.4 is 0 Å². The Morgan fingerprint density at radius 1 is 1.12 bits per heavy atom. The molecule has 0 aromatic heterocycles. The molecule has 1 heteroatoms. The average molecular weight is 354 g/mol. The van der Waals surface area contributed by atoms with E-state index in [1.165, 1.54) is 44.1 Å². The molecular formula is C25H43B. The van der Waals surface area contributed by atoms with Crippen LogP contribution in [0.5, 0.6) is 0 Å². The van der Waals surface area contributed by atoms with Gasteiger partial charge in [-0.2, -0.15) is 0 Å². The van der Waals surface area contributed by atoms with Gasteiger partial charge < -0.3 is 0 Å². The Kier molecular flexibility index (Phi) is 6.11. The number of rotatable bonds is 5. The summed E-state index contributed by atoms with van der Waals surface area (Å²) in [5.74, 6) is 0.605. The van der Waals surface area contributed by atoms with Crippen LogP contribution in [-0.2, 0) is 19.3 Å². The molecule has 1 aliphatic rings. The lowest BCUT2D eigenvalue weighted by molar-refractivity contribution is 0.204. The molecule has 0 bridgehead atoms. The van der Waals surface area contributed by atoms with Crippen LogP contribution in [0.15, 0.2) is 6.07 Å². The van der Waals surface area contributed by atoms with E-state index in [0.29, 0.717) is 22.1 Å². The Labute approximate surface area is 165 Å². The number of hydrogen-bond donors (Lipinski definition) is 0. The first-order valence-corrected chi connectivity index (χ1v) is 10.9. The van der Waals surface area contributed by atoms with Gasteiger partial charge in [0.25, 0.3) is 0 Å².